The molecule has 3 atom stereocenters. The van der Waals surface area contributed by atoms with Gasteiger partial charge in [0, 0.05) is 17.8 Å². The first-order chi connectivity index (χ1) is 9.23. The number of nitrogens with one attached hydrogen (secondary N) is 1. The molecule has 0 aliphatic heterocycles. The van der Waals surface area contributed by atoms with Gasteiger partial charge in [-0.25, -0.2) is 0 Å². The first-order valence-corrected chi connectivity index (χ1v) is 8.43. The lowest BCUT2D eigenvalue weighted by Gasteiger charge is -2.45. The molecule has 0 heterocycles. The lowest BCUT2D eigenvalue weighted by Crippen LogP contribution is -2.56. The molecule has 0 saturated heterocycles. The molecule has 0 amide bonds. The van der Waals surface area contributed by atoms with E-state index in [0.29, 0.717) is 11.3 Å². The Balaban J connectivity index is 1.59. The predicted molar refractivity (Wildman–Crippen MR) is 81.6 cm³/mol. The maximum absolute atomic E-state index is 10.6. The molecule has 0 radical (unpaired) electrons. The zero-order chi connectivity index (χ0) is 13.3. The van der Waals surface area contributed by atoms with E-state index in [-0.39, 0.29) is 0 Å². The molecule has 0 bridgehead atoms. The molecular weight excluding hydrogens is 254 g/mol. The van der Waals surface area contributed by atoms with E-state index in [1.165, 1.54) is 24.0 Å². The first kappa shape index (κ1) is 13.5. The van der Waals surface area contributed by atoms with Crippen molar-refractivity contribution in [2.45, 2.75) is 49.5 Å². The van der Waals surface area contributed by atoms with Crippen LogP contribution in [0.2, 0.25) is 0 Å². The minimum absolute atomic E-state index is 0.432. The summed E-state index contributed by atoms with van der Waals surface area (Å²) >= 11 is 1.90. The lowest BCUT2D eigenvalue weighted by atomic mass is 9.79. The van der Waals surface area contributed by atoms with Crippen LogP contribution in [0.5, 0.6) is 0 Å². The van der Waals surface area contributed by atoms with E-state index in [1.807, 2.05) is 11.8 Å². The average molecular weight is 277 g/mol. The molecule has 1 aromatic carbocycles. The standard InChI is InChI=1S/C16H23NOS/c1-2-19-15-9-10-16(15,18)11-17-14-8-7-12-5-3-4-6-13(12)14/h3-6,14-15,17-18H,2,7-11H2,1H3/t14-,15-,16-/m1/s1. The van der Waals surface area contributed by atoms with Crippen LogP contribution in [0.25, 0.3) is 0 Å². The maximum atomic E-state index is 10.6. The lowest BCUT2D eigenvalue weighted by molar-refractivity contribution is -0.0253. The molecule has 0 spiro atoms. The molecule has 3 rings (SSSR count). The number of aliphatic hydroxyl groups is 1. The largest absolute Gasteiger partial charge is 0.387 e. The van der Waals surface area contributed by atoms with Crippen molar-refractivity contribution >= 4 is 11.8 Å². The first-order valence-electron chi connectivity index (χ1n) is 7.38. The number of rotatable bonds is 5. The minimum atomic E-state index is -0.474. The Hall–Kier alpha value is -0.510. The van der Waals surface area contributed by atoms with Gasteiger partial charge in [0.2, 0.25) is 0 Å². The highest BCUT2D eigenvalue weighted by atomic mass is 32.2. The van der Waals surface area contributed by atoms with Crippen LogP contribution < -0.4 is 5.32 Å². The van der Waals surface area contributed by atoms with Crippen molar-refractivity contribution in [1.29, 1.82) is 0 Å². The molecule has 2 aliphatic carbocycles. The van der Waals surface area contributed by atoms with Crippen LogP contribution in [-0.2, 0) is 6.42 Å². The van der Waals surface area contributed by atoms with Gasteiger partial charge in [-0.3, -0.25) is 0 Å². The monoisotopic (exact) mass is 277 g/mol. The summed E-state index contributed by atoms with van der Waals surface area (Å²) < 4.78 is 0. The van der Waals surface area contributed by atoms with E-state index in [1.54, 1.807) is 0 Å². The number of hydrogen-bond donors (Lipinski definition) is 2. The summed E-state index contributed by atoms with van der Waals surface area (Å²) in [5.41, 5.74) is 2.43. The topological polar surface area (TPSA) is 32.3 Å². The van der Waals surface area contributed by atoms with Gasteiger partial charge in [0.15, 0.2) is 0 Å². The van der Waals surface area contributed by atoms with Gasteiger partial charge >= 0.3 is 0 Å². The van der Waals surface area contributed by atoms with Crippen molar-refractivity contribution in [1.82, 2.24) is 5.32 Å². The Morgan fingerprint density at radius 3 is 2.95 bits per heavy atom. The average Bonchev–Trinajstić information content (AvgIpc) is 2.84. The SMILES string of the molecule is CCS[C@@H]1CC[C@@]1(O)CN[C@@H]1CCc2ccccc21. The molecule has 1 fully saturated rings. The Kier molecular flexibility index (Phi) is 3.88. The van der Waals surface area contributed by atoms with Crippen LogP contribution in [0.1, 0.15) is 43.4 Å². The van der Waals surface area contributed by atoms with Crippen molar-refractivity contribution in [2.24, 2.45) is 0 Å². The Morgan fingerprint density at radius 2 is 2.21 bits per heavy atom. The normalized spacial score (nSPS) is 32.9. The summed E-state index contributed by atoms with van der Waals surface area (Å²) in [5, 5.41) is 14.7. The second-order valence-electron chi connectivity index (χ2n) is 5.76. The van der Waals surface area contributed by atoms with E-state index in [0.717, 1.165) is 25.1 Å². The van der Waals surface area contributed by atoms with Crippen LogP contribution in [0, 0.1) is 0 Å². The van der Waals surface area contributed by atoms with Crippen molar-refractivity contribution in [3.8, 4) is 0 Å². The van der Waals surface area contributed by atoms with Gasteiger partial charge in [-0.05, 0) is 42.6 Å². The van der Waals surface area contributed by atoms with E-state index < -0.39 is 5.60 Å². The van der Waals surface area contributed by atoms with Crippen LogP contribution in [0.3, 0.4) is 0 Å². The molecule has 0 aromatic heterocycles. The minimum Gasteiger partial charge on any atom is -0.387 e. The highest BCUT2D eigenvalue weighted by molar-refractivity contribution is 8.00. The van der Waals surface area contributed by atoms with Gasteiger partial charge in [0.1, 0.15) is 0 Å². The van der Waals surface area contributed by atoms with Crippen LogP contribution >= 0.6 is 11.8 Å². The predicted octanol–water partition coefficient (Wildman–Crippen LogP) is 2.91. The van der Waals surface area contributed by atoms with E-state index >= 15 is 0 Å². The van der Waals surface area contributed by atoms with Crippen LogP contribution in [0.15, 0.2) is 24.3 Å². The molecule has 1 aromatic rings. The van der Waals surface area contributed by atoms with Crippen LogP contribution in [0.4, 0.5) is 0 Å². The zero-order valence-electron chi connectivity index (χ0n) is 11.6. The zero-order valence-corrected chi connectivity index (χ0v) is 12.4. The number of hydrogen-bond acceptors (Lipinski definition) is 3. The van der Waals surface area contributed by atoms with Gasteiger partial charge in [-0.1, -0.05) is 31.2 Å². The van der Waals surface area contributed by atoms with Crippen LogP contribution in [-0.4, -0.2) is 28.3 Å². The Morgan fingerprint density at radius 1 is 1.37 bits per heavy atom. The van der Waals surface area contributed by atoms with Gasteiger partial charge < -0.3 is 10.4 Å². The van der Waals surface area contributed by atoms with E-state index in [4.69, 9.17) is 0 Å². The molecule has 2 nitrogen and oxygen atoms in total. The summed E-state index contributed by atoms with van der Waals surface area (Å²) in [6.07, 6.45) is 4.45. The summed E-state index contributed by atoms with van der Waals surface area (Å²) in [5.74, 6) is 1.10. The van der Waals surface area contributed by atoms with E-state index in [9.17, 15) is 5.11 Å². The van der Waals surface area contributed by atoms with Gasteiger partial charge in [0.05, 0.1) is 5.60 Å². The Labute approximate surface area is 120 Å². The van der Waals surface area contributed by atoms with Crippen molar-refractivity contribution < 1.29 is 5.11 Å². The fraction of sp³-hybridized carbons (Fsp3) is 0.625. The molecule has 3 heteroatoms. The fourth-order valence-corrected chi connectivity index (χ4v) is 4.50. The van der Waals surface area contributed by atoms with Crippen molar-refractivity contribution in [3.05, 3.63) is 35.4 Å². The molecule has 19 heavy (non-hydrogen) atoms. The van der Waals surface area contributed by atoms with Gasteiger partial charge in [-0.2, -0.15) is 11.8 Å². The van der Waals surface area contributed by atoms with E-state index in [2.05, 4.69) is 36.5 Å². The molecule has 1 saturated carbocycles. The third-order valence-electron chi connectivity index (χ3n) is 4.59. The third-order valence-corrected chi connectivity index (χ3v) is 6.00. The number of thioether (sulfide) groups is 1. The highest BCUT2D eigenvalue weighted by Gasteiger charge is 2.45. The number of fused-ring (bicyclic) bond motifs is 1. The summed E-state index contributed by atoms with van der Waals surface area (Å²) in [6, 6.07) is 9.13. The summed E-state index contributed by atoms with van der Waals surface area (Å²) in [4.78, 5) is 0. The summed E-state index contributed by atoms with van der Waals surface area (Å²) in [7, 11) is 0. The molecular formula is C16H23NOS. The number of benzene rings is 1. The number of aryl methyl sites for hydroxylation is 1. The quantitative estimate of drug-likeness (QED) is 0.868. The summed E-state index contributed by atoms with van der Waals surface area (Å²) in [6.45, 7) is 2.91. The third kappa shape index (κ3) is 2.56. The molecule has 2 N–H and O–H groups in total. The fourth-order valence-electron chi connectivity index (χ4n) is 3.31. The smallest absolute Gasteiger partial charge is 0.0890 e. The molecule has 0 unspecified atom stereocenters. The van der Waals surface area contributed by atoms with Crippen molar-refractivity contribution in [2.75, 3.05) is 12.3 Å². The highest BCUT2D eigenvalue weighted by Crippen LogP contribution is 2.41. The molecule has 104 valence electrons. The second kappa shape index (κ2) is 5.47. The second-order valence-corrected chi connectivity index (χ2v) is 7.24. The van der Waals surface area contributed by atoms with Gasteiger partial charge in [0.25, 0.3) is 0 Å². The maximum Gasteiger partial charge on any atom is 0.0890 e. The van der Waals surface area contributed by atoms with Gasteiger partial charge in [-0.15, -0.1) is 0 Å². The Bertz CT molecular complexity index is 450. The van der Waals surface area contributed by atoms with Crippen molar-refractivity contribution in [3.63, 3.8) is 0 Å². The molecule has 2 aliphatic rings.